The van der Waals surface area contributed by atoms with Gasteiger partial charge in [0, 0.05) is 15.1 Å². The predicted octanol–water partition coefficient (Wildman–Crippen LogP) is 3.65. The highest BCUT2D eigenvalue weighted by atomic mass is 79.9. The van der Waals surface area contributed by atoms with E-state index in [1.54, 1.807) is 0 Å². The Hall–Kier alpha value is -0.580. The zero-order valence-electron chi connectivity index (χ0n) is 10.1. The van der Waals surface area contributed by atoms with Crippen LogP contribution in [-0.4, -0.2) is 11.9 Å². The molecule has 5 heteroatoms. The van der Waals surface area contributed by atoms with Gasteiger partial charge in [0.05, 0.1) is 6.04 Å². The van der Waals surface area contributed by atoms with Crippen LogP contribution in [0.5, 0.6) is 0 Å². The molecule has 3 N–H and O–H groups in total. The number of aliphatic imine (C=N–C) groups is 1. The molecule has 1 fully saturated rings. The topological polar surface area (TPSA) is 50.4 Å². The molecule has 1 saturated carbocycles. The van der Waals surface area contributed by atoms with Gasteiger partial charge >= 0.3 is 0 Å². The minimum Gasteiger partial charge on any atom is -0.308 e. The number of hydrogen-bond acceptors (Lipinski definition) is 2. The molecule has 1 aliphatic rings. The van der Waals surface area contributed by atoms with E-state index >= 15 is 0 Å². The van der Waals surface area contributed by atoms with Gasteiger partial charge in [-0.3, -0.25) is 4.99 Å². The van der Waals surface area contributed by atoms with Crippen molar-refractivity contribution in [2.45, 2.75) is 38.1 Å². The van der Waals surface area contributed by atoms with E-state index in [-0.39, 0.29) is 0 Å². The van der Waals surface area contributed by atoms with Crippen LogP contribution in [0.25, 0.3) is 0 Å². The maximum atomic E-state index is 5.94. The molecule has 0 amide bonds. The predicted molar refractivity (Wildman–Crippen MR) is 79.9 cm³/mol. The number of amidine groups is 1. The molecule has 0 aliphatic heterocycles. The largest absolute Gasteiger partial charge is 0.308 e. The molecule has 1 aromatic rings. The van der Waals surface area contributed by atoms with Crippen molar-refractivity contribution in [3.05, 3.63) is 33.3 Å². The molecule has 0 unspecified atom stereocenters. The van der Waals surface area contributed by atoms with Gasteiger partial charge in [-0.05, 0) is 47.0 Å². The van der Waals surface area contributed by atoms with Crippen molar-refractivity contribution in [3.8, 4) is 0 Å². The van der Waals surface area contributed by atoms with Gasteiger partial charge in [0.15, 0.2) is 0 Å². The number of hydrazine groups is 1. The molecule has 18 heavy (non-hydrogen) atoms. The monoisotopic (exact) mass is 329 g/mol. The van der Waals surface area contributed by atoms with Gasteiger partial charge in [-0.2, -0.15) is 0 Å². The van der Waals surface area contributed by atoms with E-state index in [1.165, 1.54) is 19.3 Å². The summed E-state index contributed by atoms with van der Waals surface area (Å²) in [4.78, 5) is 4.72. The minimum atomic E-state index is 0.382. The van der Waals surface area contributed by atoms with Crippen LogP contribution in [-0.2, 0) is 0 Å². The summed E-state index contributed by atoms with van der Waals surface area (Å²) >= 11 is 9.43. The van der Waals surface area contributed by atoms with Gasteiger partial charge in [-0.25, -0.2) is 5.84 Å². The summed E-state index contributed by atoms with van der Waals surface area (Å²) in [5.74, 6) is 6.32. The second-order valence-corrected chi connectivity index (χ2v) is 5.83. The van der Waals surface area contributed by atoms with E-state index in [1.807, 2.05) is 18.2 Å². The Labute approximate surface area is 121 Å². The van der Waals surface area contributed by atoms with E-state index in [0.29, 0.717) is 11.1 Å². The van der Waals surface area contributed by atoms with Crippen molar-refractivity contribution in [3.63, 3.8) is 0 Å². The van der Waals surface area contributed by atoms with Crippen LogP contribution in [0.15, 0.2) is 27.7 Å². The first-order chi connectivity index (χ1) is 8.70. The fourth-order valence-corrected chi connectivity index (χ4v) is 3.13. The molecule has 0 heterocycles. The maximum absolute atomic E-state index is 5.94. The molecule has 0 atom stereocenters. The zero-order valence-corrected chi connectivity index (χ0v) is 12.5. The highest BCUT2D eigenvalue weighted by Gasteiger charge is 2.15. The molecular formula is C13H17BrClN3. The van der Waals surface area contributed by atoms with Crippen LogP contribution >= 0.6 is 27.5 Å². The highest BCUT2D eigenvalue weighted by Crippen LogP contribution is 2.24. The van der Waals surface area contributed by atoms with Gasteiger partial charge < -0.3 is 5.43 Å². The van der Waals surface area contributed by atoms with Crippen LogP contribution in [0.1, 0.15) is 37.7 Å². The number of rotatable bonds is 2. The fraction of sp³-hybridized carbons (Fsp3) is 0.462. The first-order valence-electron chi connectivity index (χ1n) is 6.20. The summed E-state index contributed by atoms with van der Waals surface area (Å²) in [5, 5.41) is 0.694. The molecule has 0 aromatic heterocycles. The van der Waals surface area contributed by atoms with E-state index in [2.05, 4.69) is 21.4 Å². The first-order valence-corrected chi connectivity index (χ1v) is 7.37. The minimum absolute atomic E-state index is 0.382. The van der Waals surface area contributed by atoms with Crippen molar-refractivity contribution in [2.24, 2.45) is 10.8 Å². The smallest absolute Gasteiger partial charge is 0.143 e. The van der Waals surface area contributed by atoms with Gasteiger partial charge in [0.2, 0.25) is 0 Å². The van der Waals surface area contributed by atoms with Crippen molar-refractivity contribution >= 4 is 33.4 Å². The normalized spacial score (nSPS) is 17.8. The SMILES string of the molecule is NNC(=NC1CCCCC1)c1ccc(Cl)cc1Br. The third kappa shape index (κ3) is 3.46. The Bertz CT molecular complexity index is 442. The van der Waals surface area contributed by atoms with E-state index in [0.717, 1.165) is 28.7 Å². The number of nitrogens with two attached hydrogens (primary N) is 1. The quantitative estimate of drug-likeness (QED) is 0.376. The highest BCUT2D eigenvalue weighted by molar-refractivity contribution is 9.10. The summed E-state index contributed by atoms with van der Waals surface area (Å²) in [6.45, 7) is 0. The molecule has 1 aliphatic carbocycles. The molecule has 1 aromatic carbocycles. The Kier molecular flexibility index (Phi) is 5.03. The van der Waals surface area contributed by atoms with Crippen LogP contribution in [0.4, 0.5) is 0 Å². The lowest BCUT2D eigenvalue weighted by atomic mass is 9.96. The number of halogens is 2. The molecule has 2 rings (SSSR count). The van der Waals surface area contributed by atoms with Crippen molar-refractivity contribution in [1.82, 2.24) is 5.43 Å². The molecular weight excluding hydrogens is 314 g/mol. The molecule has 0 saturated heterocycles. The average Bonchev–Trinajstić information content (AvgIpc) is 2.38. The molecule has 0 radical (unpaired) electrons. The molecule has 98 valence electrons. The Morgan fingerprint density at radius 3 is 2.67 bits per heavy atom. The first kappa shape index (κ1) is 13.8. The number of benzene rings is 1. The fourth-order valence-electron chi connectivity index (χ4n) is 2.26. The second-order valence-electron chi connectivity index (χ2n) is 4.54. The second kappa shape index (κ2) is 6.55. The number of hydrogen-bond donors (Lipinski definition) is 2. The summed E-state index contributed by atoms with van der Waals surface area (Å²) in [7, 11) is 0. The van der Waals surface area contributed by atoms with Crippen molar-refractivity contribution < 1.29 is 0 Å². The van der Waals surface area contributed by atoms with E-state index in [9.17, 15) is 0 Å². The maximum Gasteiger partial charge on any atom is 0.143 e. The third-order valence-corrected chi connectivity index (χ3v) is 4.10. The summed E-state index contributed by atoms with van der Waals surface area (Å²) < 4.78 is 0.905. The lowest BCUT2D eigenvalue weighted by Gasteiger charge is -2.19. The Balaban J connectivity index is 2.23. The number of nitrogens with zero attached hydrogens (tertiary/aromatic N) is 1. The number of nitrogens with one attached hydrogen (secondary N) is 1. The zero-order chi connectivity index (χ0) is 13.0. The standard InChI is InChI=1S/C13H17BrClN3/c14-12-8-9(15)6-7-11(12)13(18-16)17-10-4-2-1-3-5-10/h6-8,10H,1-5,16H2,(H,17,18). The van der Waals surface area contributed by atoms with Gasteiger partial charge in [0.25, 0.3) is 0 Å². The lowest BCUT2D eigenvalue weighted by Crippen LogP contribution is -2.33. The molecule has 3 nitrogen and oxygen atoms in total. The Morgan fingerprint density at radius 1 is 1.33 bits per heavy atom. The van der Waals surface area contributed by atoms with Gasteiger partial charge in [-0.1, -0.05) is 30.9 Å². The van der Waals surface area contributed by atoms with Crippen LogP contribution < -0.4 is 11.3 Å². The van der Waals surface area contributed by atoms with Crippen molar-refractivity contribution in [2.75, 3.05) is 0 Å². The summed E-state index contributed by atoms with van der Waals surface area (Å²) in [5.41, 5.74) is 3.65. The van der Waals surface area contributed by atoms with Crippen molar-refractivity contribution in [1.29, 1.82) is 0 Å². The Morgan fingerprint density at radius 2 is 2.06 bits per heavy atom. The molecule has 0 bridgehead atoms. The summed E-state index contributed by atoms with van der Waals surface area (Å²) in [6, 6.07) is 6.00. The molecule has 0 spiro atoms. The lowest BCUT2D eigenvalue weighted by molar-refractivity contribution is 0.442. The van der Waals surface area contributed by atoms with Crippen LogP contribution in [0.2, 0.25) is 5.02 Å². The average molecular weight is 331 g/mol. The van der Waals surface area contributed by atoms with E-state index < -0.39 is 0 Å². The van der Waals surface area contributed by atoms with Crippen LogP contribution in [0, 0.1) is 0 Å². The van der Waals surface area contributed by atoms with Gasteiger partial charge in [0.1, 0.15) is 5.84 Å². The van der Waals surface area contributed by atoms with Crippen LogP contribution in [0.3, 0.4) is 0 Å². The van der Waals surface area contributed by atoms with E-state index in [4.69, 9.17) is 22.4 Å². The van der Waals surface area contributed by atoms with Gasteiger partial charge in [-0.15, -0.1) is 0 Å². The summed E-state index contributed by atoms with van der Waals surface area (Å²) in [6.07, 6.45) is 6.14. The third-order valence-electron chi connectivity index (χ3n) is 3.21.